The summed E-state index contributed by atoms with van der Waals surface area (Å²) in [4.78, 5) is 12.2. The Kier molecular flexibility index (Phi) is 4.41. The topological polar surface area (TPSA) is 110 Å². The molecule has 0 atom stereocenters. The van der Waals surface area contributed by atoms with Crippen molar-refractivity contribution in [3.8, 4) is 17.6 Å². The van der Waals surface area contributed by atoms with Crippen molar-refractivity contribution in [1.82, 2.24) is 10.2 Å². The van der Waals surface area contributed by atoms with Crippen LogP contribution in [0.3, 0.4) is 0 Å². The number of benzene rings is 2. The van der Waals surface area contributed by atoms with Gasteiger partial charge in [-0.15, -0.1) is 5.10 Å². The smallest absolute Gasteiger partial charge is 0.322 e. The van der Waals surface area contributed by atoms with Gasteiger partial charge in [-0.25, -0.2) is 0 Å². The van der Waals surface area contributed by atoms with Crippen LogP contribution in [0.5, 0.6) is 11.5 Å². The first-order valence-corrected chi connectivity index (χ1v) is 8.24. The molecule has 27 heavy (non-hydrogen) atoms. The summed E-state index contributed by atoms with van der Waals surface area (Å²) in [6, 6.07) is 13.9. The van der Waals surface area contributed by atoms with Gasteiger partial charge in [0.15, 0.2) is 11.5 Å². The predicted octanol–water partition coefficient (Wildman–Crippen LogP) is 2.56. The molecule has 0 aliphatic carbocycles. The number of fused-ring (bicyclic) bond motifs is 1. The molecule has 0 radical (unpaired) electrons. The number of hydrogen-bond donors (Lipinski definition) is 1. The normalized spacial score (nSPS) is 12.3. The van der Waals surface area contributed by atoms with Gasteiger partial charge >= 0.3 is 6.01 Å². The van der Waals surface area contributed by atoms with E-state index in [1.807, 2.05) is 24.3 Å². The Labute approximate surface area is 154 Å². The molecule has 1 aromatic heterocycles. The fourth-order valence-corrected chi connectivity index (χ4v) is 2.61. The number of rotatable bonds is 4. The van der Waals surface area contributed by atoms with E-state index in [-0.39, 0.29) is 6.01 Å². The quantitative estimate of drug-likeness (QED) is 0.759. The molecule has 1 N–H and O–H groups in total. The monoisotopic (exact) mass is 362 g/mol. The average molecular weight is 362 g/mol. The van der Waals surface area contributed by atoms with E-state index in [4.69, 9.17) is 19.2 Å². The number of hydrogen-bond acceptors (Lipinski definition) is 7. The number of nitrogens with one attached hydrogen (secondary N) is 1. The van der Waals surface area contributed by atoms with Gasteiger partial charge in [-0.2, -0.15) is 5.26 Å². The summed E-state index contributed by atoms with van der Waals surface area (Å²) >= 11 is 0. The Hall–Kier alpha value is -3.86. The summed E-state index contributed by atoms with van der Waals surface area (Å²) in [6.45, 7) is 1.06. The molecule has 0 unspecified atom stereocenters. The fourth-order valence-electron chi connectivity index (χ4n) is 2.61. The molecule has 8 nitrogen and oxygen atoms in total. The number of aromatic nitrogens is 2. The van der Waals surface area contributed by atoms with Gasteiger partial charge in [-0.1, -0.05) is 11.2 Å². The summed E-state index contributed by atoms with van der Waals surface area (Å²) in [6.07, 6.45) is 0.399. The lowest BCUT2D eigenvalue weighted by molar-refractivity contribution is 0.102. The lowest BCUT2D eigenvalue weighted by Gasteiger charge is -2.18. The highest BCUT2D eigenvalue weighted by atomic mass is 16.6. The summed E-state index contributed by atoms with van der Waals surface area (Å²) < 4.78 is 16.5. The molecule has 134 valence electrons. The van der Waals surface area contributed by atoms with Crippen molar-refractivity contribution >= 4 is 11.9 Å². The minimum atomic E-state index is -0.394. The molecule has 2 aromatic carbocycles. The Bertz CT molecular complexity index is 1020. The van der Waals surface area contributed by atoms with Crippen LogP contribution in [0.1, 0.15) is 27.4 Å². The Balaban J connectivity index is 1.42. The van der Waals surface area contributed by atoms with Crippen molar-refractivity contribution in [2.24, 2.45) is 0 Å². The minimum absolute atomic E-state index is 0.0110. The van der Waals surface area contributed by atoms with Crippen molar-refractivity contribution < 1.29 is 18.7 Å². The minimum Gasteiger partial charge on any atom is -0.486 e. The van der Waals surface area contributed by atoms with Gasteiger partial charge in [0.05, 0.1) is 18.1 Å². The first-order chi connectivity index (χ1) is 13.2. The molecule has 1 aliphatic rings. The number of nitrogens with zero attached hydrogens (tertiary/aromatic N) is 3. The van der Waals surface area contributed by atoms with Crippen LogP contribution in [0.15, 0.2) is 46.9 Å². The van der Waals surface area contributed by atoms with Gasteiger partial charge in [0.25, 0.3) is 5.91 Å². The van der Waals surface area contributed by atoms with E-state index in [0.29, 0.717) is 48.2 Å². The summed E-state index contributed by atoms with van der Waals surface area (Å²) in [5.41, 5.74) is 1.79. The zero-order valence-electron chi connectivity index (χ0n) is 14.1. The predicted molar refractivity (Wildman–Crippen MR) is 93.6 cm³/mol. The van der Waals surface area contributed by atoms with Gasteiger partial charge in [0.2, 0.25) is 5.89 Å². The molecular formula is C19H14N4O4. The first kappa shape index (κ1) is 16.6. The molecule has 0 spiro atoms. The van der Waals surface area contributed by atoms with E-state index in [1.54, 1.807) is 24.3 Å². The lowest BCUT2D eigenvalue weighted by Crippen LogP contribution is -2.15. The van der Waals surface area contributed by atoms with E-state index in [0.717, 1.165) is 5.56 Å². The van der Waals surface area contributed by atoms with Crippen LogP contribution < -0.4 is 14.8 Å². The zero-order chi connectivity index (χ0) is 18.6. The van der Waals surface area contributed by atoms with Crippen molar-refractivity contribution in [1.29, 1.82) is 5.26 Å². The van der Waals surface area contributed by atoms with E-state index in [2.05, 4.69) is 15.5 Å². The summed E-state index contributed by atoms with van der Waals surface area (Å²) in [5.74, 6) is 1.37. The second-order valence-corrected chi connectivity index (χ2v) is 5.80. The molecule has 0 saturated heterocycles. The summed E-state index contributed by atoms with van der Waals surface area (Å²) in [5, 5.41) is 19.1. The van der Waals surface area contributed by atoms with Crippen LogP contribution in [-0.2, 0) is 6.42 Å². The third kappa shape index (κ3) is 3.72. The van der Waals surface area contributed by atoms with Gasteiger partial charge in [0.1, 0.15) is 13.2 Å². The van der Waals surface area contributed by atoms with E-state index in [1.165, 1.54) is 0 Å². The molecule has 0 fully saturated rings. The highest BCUT2D eigenvalue weighted by Gasteiger charge is 2.15. The van der Waals surface area contributed by atoms with E-state index in [9.17, 15) is 4.79 Å². The van der Waals surface area contributed by atoms with Gasteiger partial charge in [-0.3, -0.25) is 10.1 Å². The molecule has 2 heterocycles. The fraction of sp³-hybridized carbons (Fsp3) is 0.158. The Morgan fingerprint density at radius 1 is 1.07 bits per heavy atom. The van der Waals surface area contributed by atoms with Crippen LogP contribution >= 0.6 is 0 Å². The van der Waals surface area contributed by atoms with Crippen LogP contribution in [0, 0.1) is 11.3 Å². The van der Waals surface area contributed by atoms with Crippen molar-refractivity contribution in [3.05, 3.63) is 65.0 Å². The van der Waals surface area contributed by atoms with Crippen LogP contribution in [0.2, 0.25) is 0 Å². The Morgan fingerprint density at radius 3 is 2.63 bits per heavy atom. The molecule has 1 aliphatic heterocycles. The average Bonchev–Trinajstić information content (AvgIpc) is 3.14. The maximum atomic E-state index is 12.2. The Morgan fingerprint density at radius 2 is 1.85 bits per heavy atom. The number of nitriles is 1. The number of amides is 1. The van der Waals surface area contributed by atoms with Crippen molar-refractivity contribution in [3.63, 3.8) is 0 Å². The first-order valence-electron chi connectivity index (χ1n) is 8.24. The molecule has 8 heteroatoms. The van der Waals surface area contributed by atoms with Crippen LogP contribution in [-0.4, -0.2) is 29.3 Å². The number of carbonyl (C=O) groups is 1. The van der Waals surface area contributed by atoms with Gasteiger partial charge < -0.3 is 13.9 Å². The van der Waals surface area contributed by atoms with Crippen LogP contribution in [0.25, 0.3) is 0 Å². The number of anilines is 1. The maximum Gasteiger partial charge on any atom is 0.322 e. The van der Waals surface area contributed by atoms with Gasteiger partial charge in [-0.05, 0) is 42.0 Å². The molecule has 0 saturated carbocycles. The second kappa shape index (κ2) is 7.17. The van der Waals surface area contributed by atoms with E-state index >= 15 is 0 Å². The van der Waals surface area contributed by atoms with E-state index < -0.39 is 5.91 Å². The number of carbonyl (C=O) groups excluding carboxylic acids is 1. The van der Waals surface area contributed by atoms with Crippen molar-refractivity contribution in [2.75, 3.05) is 18.5 Å². The second-order valence-electron chi connectivity index (χ2n) is 5.80. The molecule has 3 aromatic rings. The SMILES string of the molecule is N#Cc1ccc(C(=O)Nc2nnc(Cc3ccc4c(c3)OCCO4)o2)cc1. The molecule has 1 amide bonds. The molecule has 0 bridgehead atoms. The summed E-state index contributed by atoms with van der Waals surface area (Å²) in [7, 11) is 0. The molecule has 4 rings (SSSR count). The lowest BCUT2D eigenvalue weighted by atomic mass is 10.1. The third-order valence-corrected chi connectivity index (χ3v) is 3.93. The van der Waals surface area contributed by atoms with Crippen molar-refractivity contribution in [2.45, 2.75) is 6.42 Å². The standard InChI is InChI=1S/C19H14N4O4/c20-11-12-1-4-14(5-2-12)18(24)21-19-23-22-17(27-19)10-13-3-6-15-16(9-13)26-8-7-25-15/h1-6,9H,7-8,10H2,(H,21,23,24). The van der Waals surface area contributed by atoms with Gasteiger partial charge in [0, 0.05) is 5.56 Å². The van der Waals surface area contributed by atoms with Crippen LogP contribution in [0.4, 0.5) is 6.01 Å². The zero-order valence-corrected chi connectivity index (χ0v) is 14.1. The highest BCUT2D eigenvalue weighted by Crippen LogP contribution is 2.31. The number of ether oxygens (including phenoxy) is 2. The maximum absolute atomic E-state index is 12.2. The largest absolute Gasteiger partial charge is 0.486 e. The highest BCUT2D eigenvalue weighted by molar-refractivity contribution is 6.03. The third-order valence-electron chi connectivity index (χ3n) is 3.93. The molecular weight excluding hydrogens is 348 g/mol.